The number of nitrogens with one attached hydrogen (secondary N) is 1. The molecule has 0 aliphatic rings. The second kappa shape index (κ2) is 9.22. The maximum absolute atomic E-state index is 5.97. The van der Waals surface area contributed by atoms with Gasteiger partial charge in [-0.05, 0) is 50.1 Å². The number of hydrogen-bond acceptors (Lipinski definition) is 2. The maximum atomic E-state index is 5.97. The van der Waals surface area contributed by atoms with E-state index in [1.165, 1.54) is 19.3 Å². The molecule has 0 saturated carbocycles. The quantitative estimate of drug-likeness (QED) is 0.670. The summed E-state index contributed by atoms with van der Waals surface area (Å²) in [6, 6.07) is 6.41. The fraction of sp³-hybridized carbons (Fsp3) is 0.625. The zero-order valence-corrected chi connectivity index (χ0v) is 13.1. The van der Waals surface area contributed by atoms with Crippen LogP contribution in [-0.4, -0.2) is 19.2 Å². The van der Waals surface area contributed by atoms with Crippen LogP contribution in [0.25, 0.3) is 0 Å². The fourth-order valence-corrected chi connectivity index (χ4v) is 1.99. The predicted octanol–water partition coefficient (Wildman–Crippen LogP) is 4.59. The summed E-state index contributed by atoms with van der Waals surface area (Å²) in [5.41, 5.74) is 1.07. The van der Waals surface area contributed by atoms with Crippen LogP contribution in [0, 0.1) is 6.92 Å². The van der Waals surface area contributed by atoms with E-state index in [1.807, 2.05) is 25.1 Å². The average Bonchev–Trinajstić information content (AvgIpc) is 2.36. The first-order valence-corrected chi connectivity index (χ1v) is 7.59. The third-order valence-electron chi connectivity index (χ3n) is 3.02. The number of unbranched alkanes of at least 4 members (excludes halogenated alkanes) is 3. The average molecular weight is 284 g/mol. The summed E-state index contributed by atoms with van der Waals surface area (Å²) < 4.78 is 5.71. The monoisotopic (exact) mass is 283 g/mol. The summed E-state index contributed by atoms with van der Waals surface area (Å²) in [6.07, 6.45) is 4.86. The molecule has 0 amide bonds. The Morgan fingerprint density at radius 3 is 2.58 bits per heavy atom. The van der Waals surface area contributed by atoms with Gasteiger partial charge in [-0.2, -0.15) is 0 Å². The molecule has 2 nitrogen and oxygen atoms in total. The highest BCUT2D eigenvalue weighted by Crippen LogP contribution is 2.21. The highest BCUT2D eigenvalue weighted by molar-refractivity contribution is 6.31. The van der Waals surface area contributed by atoms with Gasteiger partial charge in [0, 0.05) is 11.1 Å². The van der Waals surface area contributed by atoms with Crippen LogP contribution in [0.1, 0.15) is 45.1 Å². The van der Waals surface area contributed by atoms with Gasteiger partial charge < -0.3 is 10.1 Å². The number of hydrogen-bond donors (Lipinski definition) is 1. The first-order chi connectivity index (χ1) is 9.09. The lowest BCUT2D eigenvalue weighted by Gasteiger charge is -2.09. The maximum Gasteiger partial charge on any atom is 0.119 e. The Labute approximate surface area is 122 Å². The van der Waals surface area contributed by atoms with Crippen molar-refractivity contribution in [2.45, 2.75) is 52.5 Å². The minimum atomic E-state index is 0.594. The van der Waals surface area contributed by atoms with E-state index >= 15 is 0 Å². The molecule has 0 fully saturated rings. The predicted molar refractivity (Wildman–Crippen MR) is 83.3 cm³/mol. The molecule has 0 aromatic heterocycles. The number of aryl methyl sites for hydroxylation is 1. The van der Waals surface area contributed by atoms with Crippen molar-refractivity contribution >= 4 is 11.6 Å². The van der Waals surface area contributed by atoms with Gasteiger partial charge in [0.1, 0.15) is 5.75 Å². The summed E-state index contributed by atoms with van der Waals surface area (Å²) >= 11 is 5.97. The number of benzene rings is 1. The van der Waals surface area contributed by atoms with Crippen molar-refractivity contribution < 1.29 is 4.74 Å². The van der Waals surface area contributed by atoms with Crippen LogP contribution < -0.4 is 10.1 Å². The van der Waals surface area contributed by atoms with E-state index in [0.717, 1.165) is 35.9 Å². The Hall–Kier alpha value is -0.730. The third-order valence-corrected chi connectivity index (χ3v) is 3.45. The van der Waals surface area contributed by atoms with Crippen LogP contribution in [0.2, 0.25) is 5.02 Å². The van der Waals surface area contributed by atoms with Crippen LogP contribution in [0.5, 0.6) is 5.75 Å². The van der Waals surface area contributed by atoms with Crippen LogP contribution >= 0.6 is 11.6 Å². The van der Waals surface area contributed by atoms with Crippen LogP contribution in [0.4, 0.5) is 0 Å². The molecule has 0 heterocycles. The van der Waals surface area contributed by atoms with Gasteiger partial charge >= 0.3 is 0 Å². The highest BCUT2D eigenvalue weighted by atomic mass is 35.5. The van der Waals surface area contributed by atoms with Gasteiger partial charge in [0.15, 0.2) is 0 Å². The topological polar surface area (TPSA) is 21.3 Å². The molecule has 0 unspecified atom stereocenters. The lowest BCUT2D eigenvalue weighted by atomic mass is 10.2. The van der Waals surface area contributed by atoms with Gasteiger partial charge in [-0.1, -0.05) is 38.3 Å². The van der Waals surface area contributed by atoms with E-state index in [-0.39, 0.29) is 0 Å². The third kappa shape index (κ3) is 7.44. The van der Waals surface area contributed by atoms with Crippen molar-refractivity contribution in [2.75, 3.05) is 13.2 Å². The molecule has 1 aromatic rings. The molecule has 0 saturated heterocycles. The molecule has 0 radical (unpaired) electrons. The molecule has 108 valence electrons. The van der Waals surface area contributed by atoms with E-state index in [4.69, 9.17) is 16.3 Å². The van der Waals surface area contributed by atoms with Gasteiger partial charge in [-0.3, -0.25) is 0 Å². The van der Waals surface area contributed by atoms with Gasteiger partial charge in [0.25, 0.3) is 0 Å². The van der Waals surface area contributed by atoms with Gasteiger partial charge in [0.05, 0.1) is 6.61 Å². The molecular weight excluding hydrogens is 258 g/mol. The Morgan fingerprint density at radius 2 is 1.89 bits per heavy atom. The van der Waals surface area contributed by atoms with E-state index in [0.29, 0.717) is 6.04 Å². The minimum Gasteiger partial charge on any atom is -0.494 e. The van der Waals surface area contributed by atoms with Gasteiger partial charge in [0.2, 0.25) is 0 Å². The summed E-state index contributed by atoms with van der Waals surface area (Å²) in [6.45, 7) is 8.27. The summed E-state index contributed by atoms with van der Waals surface area (Å²) in [4.78, 5) is 0. The molecule has 0 aliphatic heterocycles. The molecule has 1 aromatic carbocycles. The zero-order valence-electron chi connectivity index (χ0n) is 12.3. The van der Waals surface area contributed by atoms with Crippen molar-refractivity contribution in [1.29, 1.82) is 0 Å². The molecule has 0 spiro atoms. The summed E-state index contributed by atoms with van der Waals surface area (Å²) in [5, 5.41) is 4.23. The normalized spacial score (nSPS) is 11.0. The summed E-state index contributed by atoms with van der Waals surface area (Å²) in [7, 11) is 0. The molecule has 3 heteroatoms. The Bertz CT molecular complexity index is 366. The zero-order chi connectivity index (χ0) is 14.1. The van der Waals surface area contributed by atoms with E-state index in [1.54, 1.807) is 0 Å². The lowest BCUT2D eigenvalue weighted by molar-refractivity contribution is 0.304. The number of ether oxygens (including phenoxy) is 1. The number of rotatable bonds is 9. The van der Waals surface area contributed by atoms with Gasteiger partial charge in [-0.25, -0.2) is 0 Å². The highest BCUT2D eigenvalue weighted by Gasteiger charge is 1.98. The van der Waals surface area contributed by atoms with E-state index in [9.17, 15) is 0 Å². The van der Waals surface area contributed by atoms with Crippen molar-refractivity contribution in [3.63, 3.8) is 0 Å². The molecule has 1 N–H and O–H groups in total. The minimum absolute atomic E-state index is 0.594. The van der Waals surface area contributed by atoms with Crippen molar-refractivity contribution in [3.8, 4) is 5.75 Å². The first-order valence-electron chi connectivity index (χ1n) is 7.22. The second-order valence-corrected chi connectivity index (χ2v) is 5.69. The Kier molecular flexibility index (Phi) is 7.92. The van der Waals surface area contributed by atoms with Crippen molar-refractivity contribution in [1.82, 2.24) is 5.32 Å². The molecule has 19 heavy (non-hydrogen) atoms. The van der Waals surface area contributed by atoms with Crippen LogP contribution in [0.15, 0.2) is 18.2 Å². The molecular formula is C16H26ClNO. The summed E-state index contributed by atoms with van der Waals surface area (Å²) in [5.74, 6) is 0.920. The molecule has 0 aliphatic carbocycles. The van der Waals surface area contributed by atoms with Crippen molar-refractivity contribution in [3.05, 3.63) is 28.8 Å². The van der Waals surface area contributed by atoms with Crippen LogP contribution in [-0.2, 0) is 0 Å². The Morgan fingerprint density at radius 1 is 1.16 bits per heavy atom. The molecule has 1 rings (SSSR count). The standard InChI is InChI=1S/C16H26ClNO/c1-13(2)18-10-6-4-5-7-11-19-15-8-9-16(17)14(3)12-15/h8-9,12-13,18H,4-7,10-11H2,1-3H3. The smallest absolute Gasteiger partial charge is 0.119 e. The largest absolute Gasteiger partial charge is 0.494 e. The van der Waals surface area contributed by atoms with E-state index < -0.39 is 0 Å². The molecule has 0 atom stereocenters. The fourth-order valence-electron chi connectivity index (χ4n) is 1.87. The first kappa shape index (κ1) is 16.3. The molecule has 0 bridgehead atoms. The lowest BCUT2D eigenvalue weighted by Crippen LogP contribution is -2.23. The van der Waals surface area contributed by atoms with Crippen molar-refractivity contribution in [2.24, 2.45) is 0 Å². The number of halogens is 1. The SMILES string of the molecule is Cc1cc(OCCCCCCNC(C)C)ccc1Cl. The van der Waals surface area contributed by atoms with Gasteiger partial charge in [-0.15, -0.1) is 0 Å². The van der Waals surface area contributed by atoms with E-state index in [2.05, 4.69) is 19.2 Å². The Balaban J connectivity index is 2.03. The second-order valence-electron chi connectivity index (χ2n) is 5.28. The van der Waals surface area contributed by atoms with Crippen LogP contribution in [0.3, 0.4) is 0 Å².